The summed E-state index contributed by atoms with van der Waals surface area (Å²) >= 11 is 0. The van der Waals surface area contributed by atoms with E-state index in [0.29, 0.717) is 6.16 Å². The van der Waals surface area contributed by atoms with Crippen LogP contribution in [0.2, 0.25) is 0 Å². The standard InChI is InChI=1S/C27H37O4PS/c28-32(17-18-1-3-25(4-2-18)33(29,30)31,26-11-19-5-20(12-26)7-21(6-19)13-26)27-14-22-8-23(15-27)10-24(9-22)16-27/h1-4,19-24H,5-17H2,(H,29,30,31). The van der Waals surface area contributed by atoms with E-state index in [1.807, 2.05) is 12.1 Å². The highest BCUT2D eigenvalue weighted by Gasteiger charge is 2.68. The van der Waals surface area contributed by atoms with Gasteiger partial charge in [-0.1, -0.05) is 12.1 Å². The third-order valence-corrected chi connectivity index (χ3v) is 17.0. The molecule has 0 atom stereocenters. The maximum absolute atomic E-state index is 16.0. The Hall–Kier alpha value is -0.640. The van der Waals surface area contributed by atoms with E-state index in [1.165, 1.54) is 89.2 Å². The smallest absolute Gasteiger partial charge is 0.294 e. The Bertz CT molecular complexity index is 1000. The van der Waals surface area contributed by atoms with Crippen molar-refractivity contribution in [1.82, 2.24) is 0 Å². The number of rotatable bonds is 5. The summed E-state index contributed by atoms with van der Waals surface area (Å²) in [7, 11) is -6.81. The van der Waals surface area contributed by atoms with Crippen molar-refractivity contribution in [2.45, 2.75) is 98.4 Å². The Morgan fingerprint density at radius 3 is 1.33 bits per heavy atom. The summed E-state index contributed by atoms with van der Waals surface area (Å²) in [4.78, 5) is -0.0642. The molecule has 0 aromatic heterocycles. The van der Waals surface area contributed by atoms with Crippen molar-refractivity contribution in [3.8, 4) is 0 Å². The van der Waals surface area contributed by atoms with E-state index in [2.05, 4.69) is 0 Å². The molecule has 0 unspecified atom stereocenters. The lowest BCUT2D eigenvalue weighted by molar-refractivity contribution is 0.0131. The molecule has 1 N–H and O–H groups in total. The van der Waals surface area contributed by atoms with Crippen LogP contribution in [-0.4, -0.2) is 23.3 Å². The van der Waals surface area contributed by atoms with Crippen molar-refractivity contribution < 1.29 is 17.5 Å². The van der Waals surface area contributed by atoms with Gasteiger partial charge in [-0.15, -0.1) is 0 Å². The first kappa shape index (κ1) is 21.6. The Balaban J connectivity index is 1.33. The first-order valence-corrected chi connectivity index (χ1v) is 16.6. The zero-order valence-electron chi connectivity index (χ0n) is 19.5. The van der Waals surface area contributed by atoms with Gasteiger partial charge in [-0.2, -0.15) is 8.42 Å². The first-order valence-electron chi connectivity index (χ1n) is 13.3. The van der Waals surface area contributed by atoms with Gasteiger partial charge in [0.2, 0.25) is 0 Å². The molecule has 0 spiro atoms. The Morgan fingerprint density at radius 2 is 1.03 bits per heavy atom. The number of hydrogen-bond donors (Lipinski definition) is 1. The highest BCUT2D eigenvalue weighted by Crippen LogP contribution is 2.83. The Kier molecular flexibility index (Phi) is 4.57. The van der Waals surface area contributed by atoms with Gasteiger partial charge in [0.05, 0.1) is 4.90 Å². The molecule has 8 bridgehead atoms. The SMILES string of the molecule is O=P(Cc1ccc(S(=O)(=O)O)cc1)(C12CC3CC(CC(C3)C1)C2)C12CC3CC(CC(C3)C1)C2. The van der Waals surface area contributed by atoms with Gasteiger partial charge in [0.15, 0.2) is 0 Å². The molecule has 9 rings (SSSR count). The molecule has 0 saturated heterocycles. The fraction of sp³-hybridized carbons (Fsp3) is 0.778. The van der Waals surface area contributed by atoms with Crippen molar-refractivity contribution in [2.75, 3.05) is 0 Å². The minimum Gasteiger partial charge on any atom is -0.322 e. The van der Waals surface area contributed by atoms with Gasteiger partial charge >= 0.3 is 0 Å². The van der Waals surface area contributed by atoms with Gasteiger partial charge in [0, 0.05) is 16.5 Å². The molecule has 4 nitrogen and oxygen atoms in total. The van der Waals surface area contributed by atoms with Gasteiger partial charge in [-0.25, -0.2) is 0 Å². The normalized spacial score (nSPS) is 47.1. The zero-order chi connectivity index (χ0) is 22.6. The number of benzene rings is 1. The fourth-order valence-corrected chi connectivity index (χ4v) is 17.1. The van der Waals surface area contributed by atoms with E-state index in [1.54, 1.807) is 0 Å². The lowest BCUT2D eigenvalue weighted by atomic mass is 9.55. The third kappa shape index (κ3) is 3.17. The van der Waals surface area contributed by atoms with E-state index < -0.39 is 17.3 Å². The first-order chi connectivity index (χ1) is 15.7. The van der Waals surface area contributed by atoms with Crippen LogP contribution >= 0.6 is 7.14 Å². The van der Waals surface area contributed by atoms with Gasteiger partial charge in [0.1, 0.15) is 7.14 Å². The predicted octanol–water partition coefficient (Wildman–Crippen LogP) is 6.73. The van der Waals surface area contributed by atoms with Crippen molar-refractivity contribution in [1.29, 1.82) is 0 Å². The lowest BCUT2D eigenvalue weighted by Crippen LogP contribution is -2.58. The maximum Gasteiger partial charge on any atom is 0.294 e. The van der Waals surface area contributed by atoms with Crippen LogP contribution < -0.4 is 0 Å². The second-order valence-corrected chi connectivity index (χ2v) is 18.4. The highest BCUT2D eigenvalue weighted by atomic mass is 32.2. The molecule has 6 heteroatoms. The van der Waals surface area contributed by atoms with Crippen molar-refractivity contribution in [3.05, 3.63) is 29.8 Å². The van der Waals surface area contributed by atoms with Crippen LogP contribution in [-0.2, 0) is 20.8 Å². The third-order valence-electron chi connectivity index (χ3n) is 11.2. The van der Waals surface area contributed by atoms with Gasteiger partial charge < -0.3 is 4.57 Å². The van der Waals surface area contributed by atoms with Gasteiger partial charge in [-0.05, 0) is 130 Å². The van der Waals surface area contributed by atoms with E-state index in [0.717, 1.165) is 41.1 Å². The molecule has 8 saturated carbocycles. The zero-order valence-corrected chi connectivity index (χ0v) is 21.2. The van der Waals surface area contributed by atoms with Crippen LogP contribution in [0.4, 0.5) is 0 Å². The topological polar surface area (TPSA) is 71.4 Å². The molecular weight excluding hydrogens is 451 g/mol. The van der Waals surface area contributed by atoms with Gasteiger partial charge in [-0.3, -0.25) is 4.55 Å². The summed E-state index contributed by atoms with van der Waals surface area (Å²) < 4.78 is 48.6. The largest absolute Gasteiger partial charge is 0.322 e. The molecule has 1 aromatic rings. The maximum atomic E-state index is 16.0. The second kappa shape index (κ2) is 6.98. The summed E-state index contributed by atoms with van der Waals surface area (Å²) in [5, 5.41) is 0.0459. The van der Waals surface area contributed by atoms with Crippen LogP contribution in [0.1, 0.15) is 82.6 Å². The monoisotopic (exact) mass is 488 g/mol. The van der Waals surface area contributed by atoms with E-state index in [4.69, 9.17) is 0 Å². The second-order valence-electron chi connectivity index (χ2n) is 13.3. The minimum atomic E-state index is -4.21. The van der Waals surface area contributed by atoms with Crippen LogP contribution in [0.3, 0.4) is 0 Å². The molecular formula is C27H37O4PS. The molecule has 0 heterocycles. The molecule has 0 radical (unpaired) electrons. The van der Waals surface area contributed by atoms with Crippen LogP contribution in [0.5, 0.6) is 0 Å². The predicted molar refractivity (Wildman–Crippen MR) is 129 cm³/mol. The van der Waals surface area contributed by atoms with E-state index >= 15 is 4.57 Å². The Labute approximate surface area is 198 Å². The molecule has 0 amide bonds. The molecule has 0 aliphatic heterocycles. The number of hydrogen-bond acceptors (Lipinski definition) is 3. The fourth-order valence-electron chi connectivity index (χ4n) is 10.9. The Morgan fingerprint density at radius 1 is 0.697 bits per heavy atom. The molecule has 8 aliphatic carbocycles. The van der Waals surface area contributed by atoms with Crippen LogP contribution in [0, 0.1) is 35.5 Å². The minimum absolute atomic E-state index is 0.0230. The van der Waals surface area contributed by atoms with Crippen molar-refractivity contribution >= 4 is 17.3 Å². The molecule has 8 fully saturated rings. The highest BCUT2D eigenvalue weighted by molar-refractivity contribution is 7.85. The van der Waals surface area contributed by atoms with Crippen molar-refractivity contribution in [2.24, 2.45) is 35.5 Å². The van der Waals surface area contributed by atoms with E-state index in [9.17, 15) is 13.0 Å². The average molecular weight is 489 g/mol. The van der Waals surface area contributed by atoms with E-state index in [-0.39, 0.29) is 15.2 Å². The van der Waals surface area contributed by atoms with Crippen LogP contribution in [0.15, 0.2) is 29.2 Å². The molecule has 180 valence electrons. The summed E-state index contributed by atoms with van der Waals surface area (Å²) in [5.41, 5.74) is 1.01. The van der Waals surface area contributed by atoms with Gasteiger partial charge in [0.25, 0.3) is 10.1 Å². The van der Waals surface area contributed by atoms with Crippen LogP contribution in [0.25, 0.3) is 0 Å². The molecule has 8 aliphatic rings. The summed E-state index contributed by atoms with van der Waals surface area (Å²) in [5.74, 6) is 4.67. The molecule has 1 aromatic carbocycles. The average Bonchev–Trinajstić information content (AvgIpc) is 2.71. The quantitative estimate of drug-likeness (QED) is 0.368. The van der Waals surface area contributed by atoms with Crippen molar-refractivity contribution in [3.63, 3.8) is 0 Å². The summed E-state index contributed by atoms with van der Waals surface area (Å²) in [6.45, 7) is 0. The summed E-state index contributed by atoms with van der Waals surface area (Å²) in [6.07, 6.45) is 15.9. The summed E-state index contributed by atoms with van der Waals surface area (Å²) in [6, 6.07) is 6.68. The molecule has 33 heavy (non-hydrogen) atoms. The lowest BCUT2D eigenvalue weighted by Gasteiger charge is -2.67.